The normalized spacial score (nSPS) is 10.2. The van der Waals surface area contributed by atoms with E-state index >= 15 is 0 Å². The second-order valence-electron chi connectivity index (χ2n) is 14.5. The summed E-state index contributed by atoms with van der Waals surface area (Å²) in [5.74, 6) is -2.65. The van der Waals surface area contributed by atoms with E-state index in [1.54, 1.807) is 0 Å². The lowest BCUT2D eigenvalue weighted by Crippen LogP contribution is -1.93. The Hall–Kier alpha value is -2.12. The molecule has 52 heavy (non-hydrogen) atoms. The number of hydrogen-bond acceptors (Lipinski definition) is 4. The molecule has 0 rings (SSSR count). The van der Waals surface area contributed by atoms with Crippen LogP contribution in [0.25, 0.3) is 0 Å². The zero-order chi connectivity index (χ0) is 39.8. The molecule has 0 aromatic carbocycles. The van der Waals surface area contributed by atoms with Crippen molar-refractivity contribution in [3.05, 3.63) is 0 Å². The number of carbonyl (C=O) groups is 4. The molecule has 0 aliphatic heterocycles. The van der Waals surface area contributed by atoms with E-state index in [4.69, 9.17) is 20.4 Å². The topological polar surface area (TPSA) is 149 Å². The van der Waals surface area contributed by atoms with Gasteiger partial charge in [-0.25, -0.2) is 0 Å². The molecule has 8 nitrogen and oxygen atoms in total. The van der Waals surface area contributed by atoms with E-state index in [1.807, 2.05) is 0 Å². The molecule has 0 fully saturated rings. The summed E-state index contributed by atoms with van der Waals surface area (Å²) in [5, 5.41) is 33.5. The van der Waals surface area contributed by atoms with E-state index < -0.39 is 23.9 Å². The Balaban J connectivity index is -0.000000296. The van der Waals surface area contributed by atoms with Crippen LogP contribution in [0.2, 0.25) is 0 Å². The molecule has 312 valence electrons. The summed E-state index contributed by atoms with van der Waals surface area (Å²) in [4.78, 5) is 40.7. The van der Waals surface area contributed by atoms with Crippen molar-refractivity contribution in [3.63, 3.8) is 0 Å². The first-order chi connectivity index (χ1) is 25.1. The molecule has 0 atom stereocenters. The van der Waals surface area contributed by atoms with Crippen LogP contribution < -0.4 is 0 Å². The van der Waals surface area contributed by atoms with Crippen LogP contribution in [-0.2, 0) is 19.2 Å². The zero-order valence-electron chi connectivity index (χ0n) is 34.9. The molecule has 8 heteroatoms. The summed E-state index contributed by atoms with van der Waals surface area (Å²) in [6.07, 6.45) is 40.2. The maximum absolute atomic E-state index is 10.2. The quantitative estimate of drug-likeness (QED) is 0.0463. The van der Waals surface area contributed by atoms with Gasteiger partial charge >= 0.3 is 23.9 Å². The lowest BCUT2D eigenvalue weighted by atomic mass is 10.1. The molecule has 0 amide bonds. The minimum Gasteiger partial charge on any atom is -0.481 e. The molecule has 0 saturated carbocycles. The molecule has 0 spiro atoms. The summed E-state index contributed by atoms with van der Waals surface area (Å²) in [5.41, 5.74) is 0. The maximum Gasteiger partial charge on any atom is 0.303 e. The Morgan fingerprint density at radius 3 is 0.462 bits per heavy atom. The van der Waals surface area contributed by atoms with Gasteiger partial charge in [-0.15, -0.1) is 0 Å². The minimum absolute atomic E-state index is 0.341. The van der Waals surface area contributed by atoms with Crippen molar-refractivity contribution in [2.24, 2.45) is 0 Å². The molecule has 0 aliphatic rings. The lowest BCUT2D eigenvalue weighted by molar-refractivity contribution is -0.138. The third kappa shape index (κ3) is 73.3. The van der Waals surface area contributed by atoms with Crippen LogP contribution in [0.3, 0.4) is 0 Å². The first kappa shape index (κ1) is 56.6. The average molecular weight is 745 g/mol. The van der Waals surface area contributed by atoms with Crippen LogP contribution in [0.1, 0.15) is 259 Å². The van der Waals surface area contributed by atoms with E-state index in [2.05, 4.69) is 27.7 Å². The molecule has 0 bridgehead atoms. The highest BCUT2D eigenvalue weighted by atomic mass is 16.4. The molecular weight excluding hydrogens is 656 g/mol. The Bertz CT molecular complexity index is 665. The first-order valence-electron chi connectivity index (χ1n) is 22.0. The summed E-state index contributed by atoms with van der Waals surface area (Å²) in [7, 11) is 0. The van der Waals surface area contributed by atoms with Crippen molar-refractivity contribution >= 4 is 23.9 Å². The Morgan fingerprint density at radius 1 is 0.231 bits per heavy atom. The fraction of sp³-hybridized carbons (Fsp3) is 0.909. The van der Waals surface area contributed by atoms with Gasteiger partial charge in [0.2, 0.25) is 0 Å². The summed E-state index contributed by atoms with van der Waals surface area (Å²) < 4.78 is 0. The van der Waals surface area contributed by atoms with Gasteiger partial charge in [0.15, 0.2) is 0 Å². The van der Waals surface area contributed by atoms with Crippen molar-refractivity contribution in [2.45, 2.75) is 259 Å². The van der Waals surface area contributed by atoms with Gasteiger partial charge in [0.1, 0.15) is 0 Å². The summed E-state index contributed by atoms with van der Waals surface area (Å²) in [6, 6.07) is 0. The monoisotopic (exact) mass is 745 g/mol. The smallest absolute Gasteiger partial charge is 0.303 e. The molecule has 0 aliphatic carbocycles. The Morgan fingerprint density at radius 2 is 0.346 bits per heavy atom. The van der Waals surface area contributed by atoms with E-state index in [1.165, 1.54) is 154 Å². The van der Waals surface area contributed by atoms with Crippen LogP contribution >= 0.6 is 0 Å². The van der Waals surface area contributed by atoms with Gasteiger partial charge in [0.25, 0.3) is 0 Å². The molecule has 0 radical (unpaired) electrons. The van der Waals surface area contributed by atoms with Gasteiger partial charge in [0, 0.05) is 25.7 Å². The molecule has 0 unspecified atom stereocenters. The Labute approximate surface area is 321 Å². The predicted molar refractivity (Wildman–Crippen MR) is 219 cm³/mol. The third-order valence-electron chi connectivity index (χ3n) is 8.98. The third-order valence-corrected chi connectivity index (χ3v) is 8.98. The van der Waals surface area contributed by atoms with Crippen LogP contribution in [0.15, 0.2) is 0 Å². The predicted octanol–water partition coefficient (Wildman–Crippen LogP) is 14.4. The Kier molecular flexibility index (Phi) is 58.0. The van der Waals surface area contributed by atoms with E-state index in [0.717, 1.165) is 51.4 Å². The van der Waals surface area contributed by atoms with Crippen molar-refractivity contribution in [1.29, 1.82) is 0 Å². The van der Waals surface area contributed by atoms with Crippen LogP contribution in [-0.4, -0.2) is 44.3 Å². The lowest BCUT2D eigenvalue weighted by Gasteiger charge is -2.00. The van der Waals surface area contributed by atoms with Gasteiger partial charge in [-0.05, 0) is 25.7 Å². The van der Waals surface area contributed by atoms with Crippen LogP contribution in [0.4, 0.5) is 0 Å². The van der Waals surface area contributed by atoms with Gasteiger partial charge in [0.05, 0.1) is 0 Å². The van der Waals surface area contributed by atoms with Gasteiger partial charge in [-0.2, -0.15) is 0 Å². The zero-order valence-corrected chi connectivity index (χ0v) is 34.9. The highest BCUT2D eigenvalue weighted by Crippen LogP contribution is 2.12. The minimum atomic E-state index is -0.663. The highest BCUT2D eigenvalue weighted by molar-refractivity contribution is 5.67. The van der Waals surface area contributed by atoms with E-state index in [-0.39, 0.29) is 0 Å². The molecule has 0 saturated heterocycles. The summed E-state index contributed by atoms with van der Waals surface area (Å²) >= 11 is 0. The number of carboxylic acids is 4. The molecule has 0 heterocycles. The molecule has 4 N–H and O–H groups in total. The number of unbranched alkanes of at least 4 members (excludes halogenated alkanes) is 28. The van der Waals surface area contributed by atoms with Crippen molar-refractivity contribution in [3.8, 4) is 0 Å². The highest BCUT2D eigenvalue weighted by Gasteiger charge is 1.99. The fourth-order valence-electron chi connectivity index (χ4n) is 5.64. The summed E-state index contributed by atoms with van der Waals surface area (Å²) in [6.45, 7) is 8.85. The maximum atomic E-state index is 10.2. The van der Waals surface area contributed by atoms with Gasteiger partial charge in [-0.1, -0.05) is 207 Å². The number of hydrogen-bond donors (Lipinski definition) is 4. The van der Waals surface area contributed by atoms with Crippen molar-refractivity contribution < 1.29 is 39.6 Å². The van der Waals surface area contributed by atoms with Crippen LogP contribution in [0, 0.1) is 0 Å². The van der Waals surface area contributed by atoms with E-state index in [0.29, 0.717) is 25.7 Å². The second-order valence-corrected chi connectivity index (χ2v) is 14.5. The van der Waals surface area contributed by atoms with Gasteiger partial charge < -0.3 is 20.4 Å². The molecule has 0 aromatic rings. The second kappa shape index (κ2) is 53.2. The SMILES string of the molecule is CCCCCCCCCC(=O)O.CCCCCCCCCC(=O)O.CCCCCCCCCCCC(=O)O.CCCCCCCCCCCC(=O)O. The number of rotatable bonds is 36. The average Bonchev–Trinajstić information content (AvgIpc) is 3.10. The van der Waals surface area contributed by atoms with Gasteiger partial charge in [-0.3, -0.25) is 19.2 Å². The van der Waals surface area contributed by atoms with Crippen molar-refractivity contribution in [2.75, 3.05) is 0 Å². The first-order valence-corrected chi connectivity index (χ1v) is 22.0. The largest absolute Gasteiger partial charge is 0.481 e. The molecule has 0 aromatic heterocycles. The van der Waals surface area contributed by atoms with Crippen LogP contribution in [0.5, 0.6) is 0 Å². The standard InChI is InChI=1S/2C12H24O2.2C10H20O2/c2*1-2-3-4-5-6-7-8-9-10-11-12(13)14;2*1-2-3-4-5-6-7-8-9-10(11)12/h2*2-11H2,1H3,(H,13,14);2*2-9H2,1H3,(H,11,12). The molecular formula is C44H88O8. The number of carboxylic acid groups (broad SMARTS) is 4. The fourth-order valence-corrected chi connectivity index (χ4v) is 5.64. The van der Waals surface area contributed by atoms with Crippen molar-refractivity contribution in [1.82, 2.24) is 0 Å². The number of aliphatic carboxylic acids is 4. The van der Waals surface area contributed by atoms with E-state index in [9.17, 15) is 19.2 Å².